The van der Waals surface area contributed by atoms with E-state index in [0.717, 1.165) is 45.7 Å². The van der Waals surface area contributed by atoms with Gasteiger partial charge in [-0.25, -0.2) is 0 Å². The minimum absolute atomic E-state index is 0.398. The fraction of sp³-hybridized carbons (Fsp3) is 0.250. The quantitative estimate of drug-likeness (QED) is 0.0880. The SMILES string of the molecule is c1ccc(CN(CCCCNCCCNC(c2ccccc2)(c2ccccc2)c2ccccc2)Cc2ccccc2)cc1. The Morgan fingerprint density at radius 1 is 0.419 bits per heavy atom. The third-order valence-corrected chi connectivity index (χ3v) is 8.12. The monoisotopic (exact) mass is 567 g/mol. The van der Waals surface area contributed by atoms with Gasteiger partial charge in [0.2, 0.25) is 0 Å². The van der Waals surface area contributed by atoms with Gasteiger partial charge < -0.3 is 5.32 Å². The number of rotatable bonds is 17. The lowest BCUT2D eigenvalue weighted by molar-refractivity contribution is 0.251. The molecule has 0 fully saturated rings. The first-order valence-corrected chi connectivity index (χ1v) is 15.8. The third kappa shape index (κ3) is 8.75. The third-order valence-electron chi connectivity index (χ3n) is 8.12. The highest BCUT2D eigenvalue weighted by Gasteiger charge is 2.35. The van der Waals surface area contributed by atoms with Crippen molar-refractivity contribution in [1.29, 1.82) is 0 Å². The first-order chi connectivity index (χ1) is 21.3. The average Bonchev–Trinajstić information content (AvgIpc) is 3.08. The van der Waals surface area contributed by atoms with Gasteiger partial charge in [-0.3, -0.25) is 10.2 Å². The molecule has 5 rings (SSSR count). The molecule has 3 heteroatoms. The minimum atomic E-state index is -0.398. The fourth-order valence-electron chi connectivity index (χ4n) is 5.97. The molecule has 0 unspecified atom stereocenters. The number of benzene rings is 5. The van der Waals surface area contributed by atoms with Gasteiger partial charge in [-0.15, -0.1) is 0 Å². The van der Waals surface area contributed by atoms with Gasteiger partial charge in [0.15, 0.2) is 0 Å². The normalized spacial score (nSPS) is 11.6. The molecule has 0 radical (unpaired) electrons. The summed E-state index contributed by atoms with van der Waals surface area (Å²) in [4.78, 5) is 2.57. The zero-order valence-corrected chi connectivity index (χ0v) is 25.2. The van der Waals surface area contributed by atoms with E-state index in [4.69, 9.17) is 0 Å². The Labute approximate surface area is 258 Å². The maximum atomic E-state index is 4.00. The maximum absolute atomic E-state index is 4.00. The summed E-state index contributed by atoms with van der Waals surface area (Å²) in [5, 5.41) is 7.70. The summed E-state index contributed by atoms with van der Waals surface area (Å²) in [6.45, 7) is 6.03. The van der Waals surface area contributed by atoms with E-state index in [9.17, 15) is 0 Å². The molecule has 0 heterocycles. The molecule has 0 amide bonds. The first kappa shape index (κ1) is 30.4. The van der Waals surface area contributed by atoms with Crippen LogP contribution in [0.4, 0.5) is 0 Å². The zero-order valence-electron chi connectivity index (χ0n) is 25.2. The largest absolute Gasteiger partial charge is 0.317 e. The molecule has 2 N–H and O–H groups in total. The van der Waals surface area contributed by atoms with Crippen LogP contribution in [0.3, 0.4) is 0 Å². The second-order valence-corrected chi connectivity index (χ2v) is 11.3. The molecule has 220 valence electrons. The molecule has 0 aromatic heterocycles. The Morgan fingerprint density at radius 3 is 1.26 bits per heavy atom. The van der Waals surface area contributed by atoms with Gasteiger partial charge >= 0.3 is 0 Å². The highest BCUT2D eigenvalue weighted by atomic mass is 15.1. The van der Waals surface area contributed by atoms with Gasteiger partial charge in [0.1, 0.15) is 0 Å². The number of nitrogens with one attached hydrogen (secondary N) is 2. The van der Waals surface area contributed by atoms with Crippen LogP contribution >= 0.6 is 0 Å². The molecule has 5 aromatic rings. The Hall–Kier alpha value is -4.02. The Balaban J connectivity index is 1.12. The second-order valence-electron chi connectivity index (χ2n) is 11.3. The van der Waals surface area contributed by atoms with Crippen molar-refractivity contribution in [1.82, 2.24) is 15.5 Å². The lowest BCUT2D eigenvalue weighted by Crippen LogP contribution is -2.45. The standard InChI is InChI=1S/C40H45N3/c1-6-19-35(20-7-1)33-43(34-36-21-8-2-9-22-36)32-17-16-29-41-30-18-31-42-40(37-23-10-3-11-24-37,38-25-12-4-13-26-38)39-27-14-5-15-28-39/h1-15,19-28,41-42H,16-18,29-34H2. The van der Waals surface area contributed by atoms with Crippen LogP contribution in [0.25, 0.3) is 0 Å². The van der Waals surface area contributed by atoms with Crippen LogP contribution in [0.15, 0.2) is 152 Å². The molecule has 0 bridgehead atoms. The van der Waals surface area contributed by atoms with Crippen molar-refractivity contribution >= 4 is 0 Å². The van der Waals surface area contributed by atoms with Crippen LogP contribution in [0.5, 0.6) is 0 Å². The van der Waals surface area contributed by atoms with Crippen molar-refractivity contribution < 1.29 is 0 Å². The summed E-state index contributed by atoms with van der Waals surface area (Å²) in [6, 6.07) is 54.2. The van der Waals surface area contributed by atoms with E-state index in [1.54, 1.807) is 0 Å². The van der Waals surface area contributed by atoms with E-state index < -0.39 is 5.54 Å². The predicted molar refractivity (Wildman–Crippen MR) is 181 cm³/mol. The van der Waals surface area contributed by atoms with Crippen LogP contribution in [-0.4, -0.2) is 31.1 Å². The summed E-state index contributed by atoms with van der Waals surface area (Å²) in [5.74, 6) is 0. The van der Waals surface area contributed by atoms with Crippen molar-refractivity contribution in [3.05, 3.63) is 179 Å². The zero-order chi connectivity index (χ0) is 29.4. The number of unbranched alkanes of at least 4 members (excludes halogenated alkanes) is 1. The molecule has 0 aliphatic heterocycles. The van der Waals surface area contributed by atoms with Gasteiger partial charge in [0.25, 0.3) is 0 Å². The van der Waals surface area contributed by atoms with Crippen molar-refractivity contribution in [3.63, 3.8) is 0 Å². The molecular weight excluding hydrogens is 522 g/mol. The average molecular weight is 568 g/mol. The minimum Gasteiger partial charge on any atom is -0.317 e. The molecule has 43 heavy (non-hydrogen) atoms. The maximum Gasteiger partial charge on any atom is 0.0947 e. The van der Waals surface area contributed by atoms with Gasteiger partial charge in [0, 0.05) is 13.1 Å². The topological polar surface area (TPSA) is 27.3 Å². The highest BCUT2D eigenvalue weighted by Crippen LogP contribution is 2.36. The highest BCUT2D eigenvalue weighted by molar-refractivity contribution is 5.49. The van der Waals surface area contributed by atoms with E-state index in [-0.39, 0.29) is 0 Å². The van der Waals surface area contributed by atoms with Gasteiger partial charge in [-0.1, -0.05) is 152 Å². The van der Waals surface area contributed by atoms with Gasteiger partial charge in [-0.2, -0.15) is 0 Å². The van der Waals surface area contributed by atoms with E-state index in [1.807, 2.05) is 0 Å². The summed E-state index contributed by atoms with van der Waals surface area (Å²) < 4.78 is 0. The van der Waals surface area contributed by atoms with Crippen molar-refractivity contribution in [2.45, 2.75) is 37.9 Å². The summed E-state index contributed by atoms with van der Waals surface area (Å²) in [5.41, 5.74) is 6.14. The molecule has 0 saturated carbocycles. The number of hydrogen-bond acceptors (Lipinski definition) is 3. The van der Waals surface area contributed by atoms with E-state index >= 15 is 0 Å². The Bertz CT molecular complexity index is 1290. The molecule has 0 spiro atoms. The molecule has 3 nitrogen and oxygen atoms in total. The fourth-order valence-corrected chi connectivity index (χ4v) is 5.97. The van der Waals surface area contributed by atoms with Crippen molar-refractivity contribution in [2.75, 3.05) is 26.2 Å². The van der Waals surface area contributed by atoms with Crippen molar-refractivity contribution in [2.24, 2.45) is 0 Å². The number of hydrogen-bond donors (Lipinski definition) is 2. The van der Waals surface area contributed by atoms with Crippen LogP contribution in [0, 0.1) is 0 Å². The lowest BCUT2D eigenvalue weighted by atomic mass is 9.77. The van der Waals surface area contributed by atoms with Gasteiger partial charge in [-0.05, 0) is 73.3 Å². The van der Waals surface area contributed by atoms with Gasteiger partial charge in [0.05, 0.1) is 5.54 Å². The second kappa shape index (κ2) is 16.6. The van der Waals surface area contributed by atoms with Crippen LogP contribution < -0.4 is 10.6 Å². The molecule has 0 aliphatic carbocycles. The van der Waals surface area contributed by atoms with Crippen LogP contribution in [0.1, 0.15) is 47.1 Å². The smallest absolute Gasteiger partial charge is 0.0947 e. The lowest BCUT2D eigenvalue weighted by Gasteiger charge is -2.37. The van der Waals surface area contributed by atoms with Crippen LogP contribution in [-0.2, 0) is 18.6 Å². The van der Waals surface area contributed by atoms with E-state index in [2.05, 4.69) is 167 Å². The summed E-state index contributed by atoms with van der Waals surface area (Å²) >= 11 is 0. The van der Waals surface area contributed by atoms with E-state index in [0.29, 0.717) is 0 Å². The van der Waals surface area contributed by atoms with Crippen molar-refractivity contribution in [3.8, 4) is 0 Å². The summed E-state index contributed by atoms with van der Waals surface area (Å²) in [7, 11) is 0. The molecule has 0 aliphatic rings. The first-order valence-electron chi connectivity index (χ1n) is 15.8. The Kier molecular flexibility index (Phi) is 11.7. The molecule has 5 aromatic carbocycles. The molecular formula is C40H45N3. The van der Waals surface area contributed by atoms with Crippen LogP contribution in [0.2, 0.25) is 0 Å². The molecule has 0 saturated heterocycles. The summed E-state index contributed by atoms with van der Waals surface area (Å²) in [6.07, 6.45) is 3.42. The predicted octanol–water partition coefficient (Wildman–Crippen LogP) is 8.03. The Morgan fingerprint density at radius 2 is 0.814 bits per heavy atom. The molecule has 0 atom stereocenters. The number of nitrogens with zero attached hydrogens (tertiary/aromatic N) is 1. The van der Waals surface area contributed by atoms with E-state index in [1.165, 1.54) is 40.7 Å².